The molecule has 1 aromatic carbocycles. The Morgan fingerprint density at radius 1 is 1.28 bits per heavy atom. The van der Waals surface area contributed by atoms with Crippen LogP contribution in [0.3, 0.4) is 0 Å². The van der Waals surface area contributed by atoms with E-state index in [9.17, 15) is 0 Å². The molecule has 1 aliphatic heterocycles. The third kappa shape index (κ3) is 2.27. The SMILES string of the molecule is Cc1ccc(C(Cl)c2ccc3c(c2)CCCO3)s1. The van der Waals surface area contributed by atoms with Crippen LogP contribution in [-0.2, 0) is 6.42 Å². The van der Waals surface area contributed by atoms with Crippen molar-refractivity contribution in [1.29, 1.82) is 0 Å². The molecule has 3 heteroatoms. The first-order valence-corrected chi connectivity index (χ1v) is 7.45. The average molecular weight is 279 g/mol. The lowest BCUT2D eigenvalue weighted by molar-refractivity contribution is 0.288. The fraction of sp³-hybridized carbons (Fsp3) is 0.333. The highest BCUT2D eigenvalue weighted by Crippen LogP contribution is 2.36. The van der Waals surface area contributed by atoms with Gasteiger partial charge in [0.05, 0.1) is 12.0 Å². The summed E-state index contributed by atoms with van der Waals surface area (Å²) in [5.74, 6) is 1.02. The topological polar surface area (TPSA) is 9.23 Å². The summed E-state index contributed by atoms with van der Waals surface area (Å²) < 4.78 is 5.63. The molecule has 0 spiro atoms. The maximum Gasteiger partial charge on any atom is 0.122 e. The summed E-state index contributed by atoms with van der Waals surface area (Å²) in [6.07, 6.45) is 2.19. The van der Waals surface area contributed by atoms with Crippen LogP contribution in [0.1, 0.15) is 32.7 Å². The predicted molar refractivity (Wildman–Crippen MR) is 77.0 cm³/mol. The van der Waals surface area contributed by atoms with Gasteiger partial charge in [-0.1, -0.05) is 12.1 Å². The van der Waals surface area contributed by atoms with Gasteiger partial charge in [-0.25, -0.2) is 0 Å². The highest BCUT2D eigenvalue weighted by atomic mass is 35.5. The van der Waals surface area contributed by atoms with Crippen molar-refractivity contribution in [3.63, 3.8) is 0 Å². The van der Waals surface area contributed by atoms with Crippen LogP contribution >= 0.6 is 22.9 Å². The molecule has 1 unspecified atom stereocenters. The fourth-order valence-corrected chi connectivity index (χ4v) is 3.52. The number of alkyl halides is 1. The van der Waals surface area contributed by atoms with Crippen LogP contribution in [0, 0.1) is 6.92 Å². The Kier molecular flexibility index (Phi) is 3.31. The lowest BCUT2D eigenvalue weighted by Gasteiger charge is -2.19. The number of thiophene rings is 1. The van der Waals surface area contributed by atoms with Crippen molar-refractivity contribution in [3.8, 4) is 5.75 Å². The van der Waals surface area contributed by atoms with E-state index in [2.05, 4.69) is 37.3 Å². The predicted octanol–water partition coefficient (Wildman–Crippen LogP) is 4.71. The Labute approximate surface area is 116 Å². The Bertz CT molecular complexity index is 561. The first-order valence-electron chi connectivity index (χ1n) is 6.20. The molecule has 0 fully saturated rings. The second kappa shape index (κ2) is 4.94. The smallest absolute Gasteiger partial charge is 0.122 e. The van der Waals surface area contributed by atoms with Gasteiger partial charge in [0.2, 0.25) is 0 Å². The van der Waals surface area contributed by atoms with Crippen LogP contribution in [0.25, 0.3) is 0 Å². The Morgan fingerprint density at radius 3 is 2.94 bits per heavy atom. The highest BCUT2D eigenvalue weighted by Gasteiger charge is 2.16. The minimum atomic E-state index is -0.0454. The summed E-state index contributed by atoms with van der Waals surface area (Å²) in [6, 6.07) is 10.6. The van der Waals surface area contributed by atoms with Gasteiger partial charge in [-0.3, -0.25) is 0 Å². The van der Waals surface area contributed by atoms with Crippen LogP contribution in [0.4, 0.5) is 0 Å². The van der Waals surface area contributed by atoms with Gasteiger partial charge in [-0.15, -0.1) is 22.9 Å². The van der Waals surface area contributed by atoms with Crippen LogP contribution in [0.5, 0.6) is 5.75 Å². The zero-order valence-electron chi connectivity index (χ0n) is 10.3. The van der Waals surface area contributed by atoms with Crippen molar-refractivity contribution in [2.75, 3.05) is 6.61 Å². The van der Waals surface area contributed by atoms with E-state index in [1.54, 1.807) is 11.3 Å². The van der Waals surface area contributed by atoms with E-state index in [1.165, 1.54) is 20.9 Å². The molecule has 0 amide bonds. The van der Waals surface area contributed by atoms with E-state index in [0.717, 1.165) is 25.2 Å². The van der Waals surface area contributed by atoms with Gasteiger partial charge in [0, 0.05) is 9.75 Å². The standard InChI is InChI=1S/C15H15ClOS/c1-10-4-7-14(18-10)15(16)12-5-6-13-11(9-12)3-2-8-17-13/h4-7,9,15H,2-3,8H2,1H3. The highest BCUT2D eigenvalue weighted by molar-refractivity contribution is 7.12. The first-order chi connectivity index (χ1) is 8.74. The second-order valence-corrected chi connectivity index (χ2v) is 6.39. The van der Waals surface area contributed by atoms with E-state index < -0.39 is 0 Å². The zero-order chi connectivity index (χ0) is 12.5. The number of fused-ring (bicyclic) bond motifs is 1. The molecule has 0 saturated carbocycles. The van der Waals surface area contributed by atoms with E-state index >= 15 is 0 Å². The van der Waals surface area contributed by atoms with Crippen molar-refractivity contribution in [2.45, 2.75) is 25.1 Å². The molecule has 94 valence electrons. The lowest BCUT2D eigenvalue weighted by atomic mass is 10.0. The Morgan fingerprint density at radius 2 is 2.17 bits per heavy atom. The summed E-state index contributed by atoms with van der Waals surface area (Å²) in [5.41, 5.74) is 2.46. The number of rotatable bonds is 2. The summed E-state index contributed by atoms with van der Waals surface area (Å²) in [7, 11) is 0. The van der Waals surface area contributed by atoms with Crippen LogP contribution < -0.4 is 4.74 Å². The van der Waals surface area contributed by atoms with Gasteiger partial charge in [-0.2, -0.15) is 0 Å². The molecule has 1 atom stereocenters. The summed E-state index contributed by atoms with van der Waals surface area (Å²) >= 11 is 8.32. The summed E-state index contributed by atoms with van der Waals surface area (Å²) in [5, 5.41) is -0.0454. The van der Waals surface area contributed by atoms with Gasteiger partial charge in [0.1, 0.15) is 5.75 Å². The van der Waals surface area contributed by atoms with Gasteiger partial charge in [0.25, 0.3) is 0 Å². The van der Waals surface area contributed by atoms with Gasteiger partial charge >= 0.3 is 0 Å². The molecule has 18 heavy (non-hydrogen) atoms. The van der Waals surface area contributed by atoms with Gasteiger partial charge < -0.3 is 4.74 Å². The number of hydrogen-bond donors (Lipinski definition) is 0. The van der Waals surface area contributed by atoms with Crippen molar-refractivity contribution in [1.82, 2.24) is 0 Å². The third-order valence-electron chi connectivity index (χ3n) is 3.24. The minimum absolute atomic E-state index is 0.0454. The molecule has 1 aliphatic rings. The van der Waals surface area contributed by atoms with E-state index in [0.29, 0.717) is 0 Å². The number of aryl methyl sites for hydroxylation is 2. The molecule has 2 aromatic rings. The second-order valence-electron chi connectivity index (χ2n) is 4.63. The average Bonchev–Trinajstić information content (AvgIpc) is 2.84. The van der Waals surface area contributed by atoms with E-state index in [4.69, 9.17) is 16.3 Å². The maximum absolute atomic E-state index is 6.56. The normalized spacial score (nSPS) is 15.9. The number of ether oxygens (including phenoxy) is 1. The van der Waals surface area contributed by atoms with Crippen LogP contribution in [-0.4, -0.2) is 6.61 Å². The quantitative estimate of drug-likeness (QED) is 0.723. The molecular weight excluding hydrogens is 264 g/mol. The van der Waals surface area contributed by atoms with Crippen molar-refractivity contribution in [3.05, 3.63) is 51.2 Å². The fourth-order valence-electron chi connectivity index (χ4n) is 2.29. The maximum atomic E-state index is 6.56. The molecular formula is C15H15ClOS. The molecule has 1 nitrogen and oxygen atoms in total. The number of hydrogen-bond acceptors (Lipinski definition) is 2. The number of benzene rings is 1. The molecule has 0 aliphatic carbocycles. The van der Waals surface area contributed by atoms with E-state index in [1.807, 2.05) is 0 Å². The molecule has 0 radical (unpaired) electrons. The molecule has 1 aromatic heterocycles. The van der Waals surface area contributed by atoms with E-state index in [-0.39, 0.29) is 5.38 Å². The Balaban J connectivity index is 1.92. The van der Waals surface area contributed by atoms with Crippen molar-refractivity contribution in [2.24, 2.45) is 0 Å². The largest absolute Gasteiger partial charge is 0.493 e. The first kappa shape index (κ1) is 12.1. The monoisotopic (exact) mass is 278 g/mol. The number of halogens is 1. The van der Waals surface area contributed by atoms with Crippen molar-refractivity contribution >= 4 is 22.9 Å². The van der Waals surface area contributed by atoms with Gasteiger partial charge in [0.15, 0.2) is 0 Å². The van der Waals surface area contributed by atoms with Gasteiger partial charge in [-0.05, 0) is 49.1 Å². The third-order valence-corrected chi connectivity index (χ3v) is 4.92. The van der Waals surface area contributed by atoms with Crippen LogP contribution in [0.15, 0.2) is 30.3 Å². The Hall–Kier alpha value is -0.990. The molecule has 2 heterocycles. The molecule has 0 N–H and O–H groups in total. The van der Waals surface area contributed by atoms with Crippen molar-refractivity contribution < 1.29 is 4.74 Å². The molecule has 0 bridgehead atoms. The molecule has 0 saturated heterocycles. The summed E-state index contributed by atoms with van der Waals surface area (Å²) in [6.45, 7) is 2.94. The zero-order valence-corrected chi connectivity index (χ0v) is 11.9. The molecule has 3 rings (SSSR count). The van der Waals surface area contributed by atoms with Crippen LogP contribution in [0.2, 0.25) is 0 Å². The summed E-state index contributed by atoms with van der Waals surface area (Å²) in [4.78, 5) is 2.52. The minimum Gasteiger partial charge on any atom is -0.493 e. The lowest BCUT2D eigenvalue weighted by Crippen LogP contribution is -2.08.